The number of rotatable bonds is 13. The van der Waals surface area contributed by atoms with Crippen LogP contribution in [0.2, 0.25) is 0 Å². The predicted octanol–water partition coefficient (Wildman–Crippen LogP) is 6.26. The van der Waals surface area contributed by atoms with E-state index >= 15 is 0 Å². The van der Waals surface area contributed by atoms with Gasteiger partial charge in [-0.1, -0.05) is 121 Å². The summed E-state index contributed by atoms with van der Waals surface area (Å²) >= 11 is 0. The van der Waals surface area contributed by atoms with E-state index in [0.717, 1.165) is 27.8 Å². The lowest BCUT2D eigenvalue weighted by molar-refractivity contribution is -0.173. The van der Waals surface area contributed by atoms with Crippen LogP contribution in [0.15, 0.2) is 133 Å². The molecule has 5 heteroatoms. The molecule has 0 fully saturated rings. The Labute approximate surface area is 236 Å². The quantitative estimate of drug-likeness (QED) is 0.204. The lowest BCUT2D eigenvalue weighted by Gasteiger charge is -2.40. The third kappa shape index (κ3) is 7.98. The second-order valence-corrected chi connectivity index (χ2v) is 9.95. The fraction of sp³-hybridized carbons (Fsp3) is 0.257. The molecule has 4 atom stereocenters. The molecule has 40 heavy (non-hydrogen) atoms. The fourth-order valence-electron chi connectivity index (χ4n) is 4.85. The molecule has 1 aliphatic carbocycles. The van der Waals surface area contributed by atoms with E-state index in [1.165, 1.54) is 0 Å². The molecule has 0 saturated heterocycles. The van der Waals surface area contributed by atoms with Crippen molar-refractivity contribution < 1.29 is 24.1 Å². The average molecular weight is 537 g/mol. The van der Waals surface area contributed by atoms with Gasteiger partial charge < -0.3 is 24.1 Å². The highest BCUT2D eigenvalue weighted by Crippen LogP contribution is 2.30. The van der Waals surface area contributed by atoms with Crippen molar-refractivity contribution >= 4 is 0 Å². The molecule has 0 aliphatic heterocycles. The van der Waals surface area contributed by atoms with Gasteiger partial charge in [-0.05, 0) is 33.9 Å². The van der Waals surface area contributed by atoms with E-state index < -0.39 is 24.4 Å². The molecule has 1 N–H and O–H groups in total. The van der Waals surface area contributed by atoms with Crippen LogP contribution < -0.4 is 0 Å². The topological polar surface area (TPSA) is 57.2 Å². The Balaban J connectivity index is 1.38. The normalized spacial score (nSPS) is 20.7. The van der Waals surface area contributed by atoms with Gasteiger partial charge in [-0.2, -0.15) is 0 Å². The summed E-state index contributed by atoms with van der Waals surface area (Å²) in [5.41, 5.74) is 5.05. The molecule has 5 rings (SSSR count). The maximum Gasteiger partial charge on any atom is 0.117 e. The highest BCUT2D eigenvalue weighted by molar-refractivity contribution is 5.24. The van der Waals surface area contributed by atoms with Crippen LogP contribution in [0.3, 0.4) is 0 Å². The summed E-state index contributed by atoms with van der Waals surface area (Å²) in [6.45, 7) is 1.89. The van der Waals surface area contributed by atoms with Gasteiger partial charge in [0.2, 0.25) is 0 Å². The van der Waals surface area contributed by atoms with Crippen molar-refractivity contribution in [3.05, 3.63) is 155 Å². The van der Waals surface area contributed by atoms with Crippen LogP contribution >= 0.6 is 0 Å². The van der Waals surface area contributed by atoms with Crippen molar-refractivity contribution in [2.24, 2.45) is 0 Å². The third-order valence-electron chi connectivity index (χ3n) is 6.93. The zero-order valence-electron chi connectivity index (χ0n) is 22.5. The fourth-order valence-corrected chi connectivity index (χ4v) is 4.85. The first kappa shape index (κ1) is 28.0. The molecule has 5 nitrogen and oxygen atoms in total. The van der Waals surface area contributed by atoms with Crippen LogP contribution in [-0.2, 0) is 45.4 Å². The van der Waals surface area contributed by atoms with Crippen molar-refractivity contribution in [3.8, 4) is 0 Å². The summed E-state index contributed by atoms with van der Waals surface area (Å²) in [7, 11) is 0. The molecule has 4 aromatic rings. The van der Waals surface area contributed by atoms with Gasteiger partial charge in [-0.25, -0.2) is 0 Å². The van der Waals surface area contributed by atoms with Crippen LogP contribution in [0.25, 0.3) is 0 Å². The van der Waals surface area contributed by atoms with Crippen molar-refractivity contribution in [2.45, 2.75) is 50.8 Å². The van der Waals surface area contributed by atoms with E-state index in [-0.39, 0.29) is 0 Å². The van der Waals surface area contributed by atoms with E-state index in [4.69, 9.17) is 18.9 Å². The molecular weight excluding hydrogens is 500 g/mol. The van der Waals surface area contributed by atoms with E-state index in [0.29, 0.717) is 33.0 Å². The predicted molar refractivity (Wildman–Crippen MR) is 155 cm³/mol. The van der Waals surface area contributed by atoms with Gasteiger partial charge in [0.25, 0.3) is 0 Å². The van der Waals surface area contributed by atoms with Gasteiger partial charge in [-0.3, -0.25) is 0 Å². The van der Waals surface area contributed by atoms with Crippen LogP contribution in [0, 0.1) is 0 Å². The number of aliphatic hydroxyl groups excluding tert-OH is 1. The Hall–Kier alpha value is -3.58. The number of benzene rings is 4. The molecule has 206 valence electrons. The minimum Gasteiger partial charge on any atom is -0.386 e. The van der Waals surface area contributed by atoms with Gasteiger partial charge in [0.1, 0.15) is 24.4 Å². The van der Waals surface area contributed by atoms with Crippen molar-refractivity contribution in [1.82, 2.24) is 0 Å². The van der Waals surface area contributed by atoms with Crippen molar-refractivity contribution in [3.63, 3.8) is 0 Å². The molecule has 0 saturated carbocycles. The molecule has 0 spiro atoms. The van der Waals surface area contributed by atoms with Gasteiger partial charge >= 0.3 is 0 Å². The van der Waals surface area contributed by atoms with Crippen LogP contribution in [0.5, 0.6) is 0 Å². The van der Waals surface area contributed by atoms with E-state index in [1.54, 1.807) is 0 Å². The zero-order valence-corrected chi connectivity index (χ0v) is 22.5. The summed E-state index contributed by atoms with van der Waals surface area (Å²) in [6, 6.07) is 40.1. The smallest absolute Gasteiger partial charge is 0.117 e. The summed E-state index contributed by atoms with van der Waals surface area (Å²) in [5.74, 6) is 0. The highest BCUT2D eigenvalue weighted by Gasteiger charge is 2.42. The number of hydrogen-bond donors (Lipinski definition) is 1. The Morgan fingerprint density at radius 3 is 1.32 bits per heavy atom. The lowest BCUT2D eigenvalue weighted by Crippen LogP contribution is -2.52. The zero-order chi connectivity index (χ0) is 27.4. The van der Waals surface area contributed by atoms with Gasteiger partial charge in [0.15, 0.2) is 0 Å². The standard InChI is InChI=1S/C35H36O5/c36-32-21-31(26-37-22-27-13-5-1-6-14-27)33(38-23-28-15-7-2-8-16-28)35(40-25-30-19-11-4-12-20-30)34(32)39-24-29-17-9-3-10-18-29/h1-21,32-36H,22-26H2/t32?,33-,34-,35+/m0/s1. The van der Waals surface area contributed by atoms with Crippen LogP contribution in [0.1, 0.15) is 22.3 Å². The molecule has 1 aliphatic rings. The maximum absolute atomic E-state index is 11.3. The van der Waals surface area contributed by atoms with Gasteiger partial charge in [0, 0.05) is 0 Å². The van der Waals surface area contributed by atoms with Crippen LogP contribution in [-0.4, -0.2) is 36.1 Å². The maximum atomic E-state index is 11.3. The molecule has 0 heterocycles. The van der Waals surface area contributed by atoms with E-state index in [9.17, 15) is 5.11 Å². The first-order chi connectivity index (χ1) is 19.8. The van der Waals surface area contributed by atoms with E-state index in [2.05, 4.69) is 0 Å². The molecule has 1 unspecified atom stereocenters. The van der Waals surface area contributed by atoms with Gasteiger partial charge in [-0.15, -0.1) is 0 Å². The SMILES string of the molecule is OC1C=C(COCc2ccccc2)[C@H](OCc2ccccc2)[C@@H](OCc2ccccc2)[C@H]1OCc1ccccc1. The first-order valence-electron chi connectivity index (χ1n) is 13.7. The summed E-state index contributed by atoms with van der Waals surface area (Å²) in [4.78, 5) is 0. The first-order valence-corrected chi connectivity index (χ1v) is 13.7. The Bertz CT molecular complexity index is 1290. The summed E-state index contributed by atoms with van der Waals surface area (Å²) < 4.78 is 25.5. The molecule has 0 amide bonds. The minimum absolute atomic E-state index is 0.308. The lowest BCUT2D eigenvalue weighted by atomic mass is 9.89. The van der Waals surface area contributed by atoms with E-state index in [1.807, 2.05) is 127 Å². The van der Waals surface area contributed by atoms with Crippen molar-refractivity contribution in [2.75, 3.05) is 6.61 Å². The number of ether oxygens (including phenoxy) is 4. The third-order valence-corrected chi connectivity index (χ3v) is 6.93. The Kier molecular flexibility index (Phi) is 10.3. The summed E-state index contributed by atoms with van der Waals surface area (Å²) in [6.07, 6.45) is -0.704. The molecule has 4 aromatic carbocycles. The highest BCUT2D eigenvalue weighted by atomic mass is 16.6. The molecule has 0 aromatic heterocycles. The van der Waals surface area contributed by atoms with Crippen LogP contribution in [0.4, 0.5) is 0 Å². The second kappa shape index (κ2) is 14.7. The number of hydrogen-bond acceptors (Lipinski definition) is 5. The molecule has 0 radical (unpaired) electrons. The number of aliphatic hydroxyl groups is 1. The molecule has 0 bridgehead atoms. The van der Waals surface area contributed by atoms with Gasteiger partial charge in [0.05, 0.1) is 33.0 Å². The Morgan fingerprint density at radius 1 is 0.450 bits per heavy atom. The average Bonchev–Trinajstić information content (AvgIpc) is 3.01. The molecular formula is C35H36O5. The largest absolute Gasteiger partial charge is 0.386 e. The monoisotopic (exact) mass is 536 g/mol. The van der Waals surface area contributed by atoms with Crippen molar-refractivity contribution in [1.29, 1.82) is 0 Å². The summed E-state index contributed by atoms with van der Waals surface area (Å²) in [5, 5.41) is 11.3. The second-order valence-electron chi connectivity index (χ2n) is 9.95. The Morgan fingerprint density at radius 2 is 0.850 bits per heavy atom. The minimum atomic E-state index is -0.878.